The molecule has 3 aromatic heterocycles. The lowest BCUT2D eigenvalue weighted by Gasteiger charge is -2.27. The van der Waals surface area contributed by atoms with Gasteiger partial charge in [-0.1, -0.05) is 11.6 Å². The van der Waals surface area contributed by atoms with Gasteiger partial charge in [-0.05, 0) is 37.1 Å². The van der Waals surface area contributed by atoms with Crippen molar-refractivity contribution < 1.29 is 9.13 Å². The zero-order valence-electron chi connectivity index (χ0n) is 18.6. The number of halogens is 2. The standard InChI is InChI=1S/C17H15ClFN5O2.C6H8N2/c1-23-16(25)15-12(9-20-23)14(11-3-2-10(18)8-13(11)19)21-17(22-15)24-4-6-26-7-5-24;1-4-7-8(5-1)6-2-3-6/h2-3,8-9H,4-7H2,1H3;1,4-6H,2-3H2. The lowest BCUT2D eigenvalue weighted by Crippen LogP contribution is -2.37. The summed E-state index contributed by atoms with van der Waals surface area (Å²) in [5.74, 6) is -0.153. The molecule has 0 atom stereocenters. The summed E-state index contributed by atoms with van der Waals surface area (Å²) in [6, 6.07) is 7.05. The highest BCUT2D eigenvalue weighted by Crippen LogP contribution is 2.33. The molecule has 6 rings (SSSR count). The highest BCUT2D eigenvalue weighted by atomic mass is 35.5. The van der Waals surface area contributed by atoms with Crippen LogP contribution < -0.4 is 10.5 Å². The molecule has 1 aromatic carbocycles. The molecule has 176 valence electrons. The molecule has 4 aromatic rings. The number of fused-ring (bicyclic) bond motifs is 1. The molecule has 0 unspecified atom stereocenters. The first-order valence-corrected chi connectivity index (χ1v) is 11.4. The maximum absolute atomic E-state index is 14.5. The van der Waals surface area contributed by atoms with Crippen LogP contribution in [-0.4, -0.2) is 55.8 Å². The molecule has 1 saturated carbocycles. The molecule has 4 heterocycles. The van der Waals surface area contributed by atoms with Crippen LogP contribution in [0, 0.1) is 5.82 Å². The quantitative estimate of drug-likeness (QED) is 0.441. The molecular weight excluding hydrogens is 461 g/mol. The minimum Gasteiger partial charge on any atom is -0.378 e. The van der Waals surface area contributed by atoms with Gasteiger partial charge in [-0.3, -0.25) is 9.48 Å². The predicted octanol–water partition coefficient (Wildman–Crippen LogP) is 3.24. The molecule has 2 fully saturated rings. The zero-order valence-corrected chi connectivity index (χ0v) is 19.3. The molecule has 2 aliphatic rings. The van der Waals surface area contributed by atoms with E-state index in [4.69, 9.17) is 16.3 Å². The molecule has 34 heavy (non-hydrogen) atoms. The molecule has 1 saturated heterocycles. The van der Waals surface area contributed by atoms with Gasteiger partial charge in [0.1, 0.15) is 11.3 Å². The molecule has 1 aliphatic carbocycles. The number of nitrogens with zero attached hydrogens (tertiary/aromatic N) is 7. The van der Waals surface area contributed by atoms with E-state index in [0.29, 0.717) is 43.3 Å². The molecule has 0 spiro atoms. The lowest BCUT2D eigenvalue weighted by atomic mass is 10.1. The second-order valence-electron chi connectivity index (χ2n) is 8.15. The third-order valence-corrected chi connectivity index (χ3v) is 5.95. The summed E-state index contributed by atoms with van der Waals surface area (Å²) in [6.07, 6.45) is 7.97. The van der Waals surface area contributed by atoms with Crippen LogP contribution in [-0.2, 0) is 11.8 Å². The van der Waals surface area contributed by atoms with Gasteiger partial charge >= 0.3 is 0 Å². The first-order valence-electron chi connectivity index (χ1n) is 11.0. The summed E-state index contributed by atoms with van der Waals surface area (Å²) in [5.41, 5.74) is 0.389. The number of ether oxygens (including phenoxy) is 1. The van der Waals surface area contributed by atoms with Gasteiger partial charge in [0.05, 0.1) is 36.5 Å². The van der Waals surface area contributed by atoms with Gasteiger partial charge in [-0.25, -0.2) is 19.0 Å². The smallest absolute Gasteiger partial charge is 0.293 e. The Morgan fingerprint density at radius 2 is 1.94 bits per heavy atom. The van der Waals surface area contributed by atoms with Crippen molar-refractivity contribution in [1.29, 1.82) is 0 Å². The van der Waals surface area contributed by atoms with Crippen LogP contribution in [0.15, 0.2) is 47.7 Å². The number of benzene rings is 1. The monoisotopic (exact) mass is 483 g/mol. The van der Waals surface area contributed by atoms with E-state index in [1.54, 1.807) is 19.2 Å². The topological polar surface area (TPSA) is 91.0 Å². The Labute approximate surface area is 199 Å². The summed E-state index contributed by atoms with van der Waals surface area (Å²) in [7, 11) is 1.54. The molecule has 9 nitrogen and oxygen atoms in total. The maximum atomic E-state index is 14.5. The third-order valence-electron chi connectivity index (χ3n) is 5.72. The normalized spacial score (nSPS) is 15.8. The fourth-order valence-electron chi connectivity index (χ4n) is 3.72. The van der Waals surface area contributed by atoms with Crippen molar-refractivity contribution in [2.45, 2.75) is 18.9 Å². The Bertz CT molecular complexity index is 1370. The molecule has 11 heteroatoms. The number of rotatable bonds is 3. The van der Waals surface area contributed by atoms with Gasteiger partial charge < -0.3 is 9.64 Å². The maximum Gasteiger partial charge on any atom is 0.293 e. The van der Waals surface area contributed by atoms with E-state index in [2.05, 4.69) is 20.2 Å². The summed E-state index contributed by atoms with van der Waals surface area (Å²) < 4.78 is 23.1. The van der Waals surface area contributed by atoms with E-state index in [9.17, 15) is 9.18 Å². The van der Waals surface area contributed by atoms with Crippen molar-refractivity contribution in [3.63, 3.8) is 0 Å². The van der Waals surface area contributed by atoms with Gasteiger partial charge in [0.25, 0.3) is 5.56 Å². The molecule has 0 radical (unpaired) electrons. The van der Waals surface area contributed by atoms with Crippen LogP contribution in [0.4, 0.5) is 10.3 Å². The third kappa shape index (κ3) is 4.64. The Kier molecular flexibility index (Phi) is 6.25. The molecule has 0 bridgehead atoms. The average Bonchev–Trinajstić information content (AvgIpc) is 3.56. The number of hydrogen-bond donors (Lipinski definition) is 0. The van der Waals surface area contributed by atoms with Crippen molar-refractivity contribution in [2.24, 2.45) is 7.05 Å². The van der Waals surface area contributed by atoms with Gasteiger partial charge in [-0.2, -0.15) is 10.2 Å². The summed E-state index contributed by atoms with van der Waals surface area (Å²) in [4.78, 5) is 23.4. The molecule has 0 amide bonds. The van der Waals surface area contributed by atoms with Crippen LogP contribution in [0.2, 0.25) is 5.02 Å². The number of aromatic nitrogens is 6. The Morgan fingerprint density at radius 1 is 1.15 bits per heavy atom. The fraction of sp³-hybridized carbons (Fsp3) is 0.348. The lowest BCUT2D eigenvalue weighted by molar-refractivity contribution is 0.122. The Morgan fingerprint density at radius 3 is 2.62 bits per heavy atom. The van der Waals surface area contributed by atoms with Gasteiger partial charge in [-0.15, -0.1) is 0 Å². The number of hydrogen-bond acceptors (Lipinski definition) is 7. The van der Waals surface area contributed by atoms with Crippen molar-refractivity contribution in [2.75, 3.05) is 31.2 Å². The summed E-state index contributed by atoms with van der Waals surface area (Å²) in [5, 5.41) is 8.80. The van der Waals surface area contributed by atoms with Crippen LogP contribution >= 0.6 is 11.6 Å². The minimum atomic E-state index is -0.522. The second kappa shape index (κ2) is 9.47. The first-order chi connectivity index (χ1) is 16.5. The number of anilines is 1. The van der Waals surface area contributed by atoms with Gasteiger partial charge in [0.15, 0.2) is 0 Å². The number of morpholine rings is 1. The highest BCUT2D eigenvalue weighted by Gasteiger charge is 2.23. The highest BCUT2D eigenvalue weighted by molar-refractivity contribution is 6.30. The zero-order chi connectivity index (χ0) is 23.7. The van der Waals surface area contributed by atoms with Crippen LogP contribution in [0.1, 0.15) is 18.9 Å². The van der Waals surface area contributed by atoms with Crippen molar-refractivity contribution in [3.05, 3.63) is 64.0 Å². The Balaban J connectivity index is 0.000000252. The van der Waals surface area contributed by atoms with Gasteiger partial charge in [0, 0.05) is 43.1 Å². The second-order valence-corrected chi connectivity index (χ2v) is 8.59. The van der Waals surface area contributed by atoms with Gasteiger partial charge in [0.2, 0.25) is 5.95 Å². The largest absolute Gasteiger partial charge is 0.378 e. The number of aryl methyl sites for hydroxylation is 1. The summed E-state index contributed by atoms with van der Waals surface area (Å²) in [6.45, 7) is 2.28. The van der Waals surface area contributed by atoms with Crippen LogP contribution in [0.3, 0.4) is 0 Å². The molecular formula is C23H23ClFN7O2. The van der Waals surface area contributed by atoms with Crippen molar-refractivity contribution >= 4 is 28.5 Å². The van der Waals surface area contributed by atoms with E-state index in [0.717, 1.165) is 6.04 Å². The average molecular weight is 484 g/mol. The summed E-state index contributed by atoms with van der Waals surface area (Å²) >= 11 is 5.86. The van der Waals surface area contributed by atoms with E-state index < -0.39 is 5.82 Å². The van der Waals surface area contributed by atoms with E-state index in [1.807, 2.05) is 28.0 Å². The fourth-order valence-corrected chi connectivity index (χ4v) is 3.88. The van der Waals surface area contributed by atoms with Crippen molar-refractivity contribution in [1.82, 2.24) is 29.5 Å². The van der Waals surface area contributed by atoms with Crippen molar-refractivity contribution in [3.8, 4) is 11.3 Å². The van der Waals surface area contributed by atoms with E-state index in [1.165, 1.54) is 29.8 Å². The first kappa shape index (κ1) is 22.4. The SMILES string of the molecule is Cn1ncc2c(-c3ccc(Cl)cc3F)nc(N3CCOCC3)nc2c1=O.c1cnn(C2CC2)c1. The molecule has 1 aliphatic heterocycles. The Hall–Kier alpha value is -3.37. The molecule has 0 N–H and O–H groups in total. The minimum absolute atomic E-state index is 0.198. The predicted molar refractivity (Wildman–Crippen MR) is 127 cm³/mol. The van der Waals surface area contributed by atoms with Crippen LogP contribution in [0.25, 0.3) is 22.2 Å². The van der Waals surface area contributed by atoms with E-state index >= 15 is 0 Å². The van der Waals surface area contributed by atoms with E-state index in [-0.39, 0.29) is 21.7 Å². The van der Waals surface area contributed by atoms with Crippen LogP contribution in [0.5, 0.6) is 0 Å².